The first-order chi connectivity index (χ1) is 15.4. The van der Waals surface area contributed by atoms with Crippen LogP contribution >= 0.6 is 0 Å². The number of fused-ring (bicyclic) bond motifs is 1. The molecule has 4 rings (SSSR count). The van der Waals surface area contributed by atoms with Gasteiger partial charge in [-0.1, -0.05) is 0 Å². The maximum atomic E-state index is 13.8. The van der Waals surface area contributed by atoms with Crippen molar-refractivity contribution in [3.8, 4) is 34.3 Å². The Kier molecular flexibility index (Phi) is 5.40. The molecule has 0 saturated carbocycles. The summed E-state index contributed by atoms with van der Waals surface area (Å²) >= 11 is 0. The molecular weight excluding hydrogens is 414 g/mol. The third-order valence-electron chi connectivity index (χ3n) is 5.20. The fourth-order valence-corrected chi connectivity index (χ4v) is 3.67. The number of rotatable bonds is 7. The lowest BCUT2D eigenvalue weighted by Gasteiger charge is -2.13. The van der Waals surface area contributed by atoms with Crippen LogP contribution in [0.25, 0.3) is 22.3 Å². The van der Waals surface area contributed by atoms with E-state index in [1.807, 2.05) is 0 Å². The van der Waals surface area contributed by atoms with Gasteiger partial charge in [0.2, 0.25) is 5.75 Å². The number of benzene rings is 2. The molecule has 0 aliphatic heterocycles. The molecule has 9 nitrogen and oxygen atoms in total. The highest BCUT2D eigenvalue weighted by atomic mass is 16.5. The normalized spacial score (nSPS) is 10.9. The Morgan fingerprint density at radius 1 is 1.00 bits per heavy atom. The number of nitrogens with zero attached hydrogens (tertiary/aromatic N) is 2. The van der Waals surface area contributed by atoms with Crippen LogP contribution in [0.1, 0.15) is 15.9 Å². The van der Waals surface area contributed by atoms with Crippen molar-refractivity contribution >= 4 is 22.4 Å². The standard InChI is InChI=1S/C23H23N3O6/c1-26-11-13(10-25-26)21-18(14-6-7-15(28-2)19(24)22(14)32-21)20(27)12-8-16(29-3)23(31-5)17(9-12)30-4/h6-11H,24H2,1-5H3. The molecule has 166 valence electrons. The fraction of sp³-hybridized carbons (Fsp3) is 0.217. The molecule has 0 aliphatic rings. The summed E-state index contributed by atoms with van der Waals surface area (Å²) in [5, 5.41) is 4.76. The highest BCUT2D eigenvalue weighted by Gasteiger charge is 2.28. The molecule has 2 aromatic heterocycles. The Morgan fingerprint density at radius 2 is 1.66 bits per heavy atom. The second-order valence-corrected chi connectivity index (χ2v) is 7.01. The highest BCUT2D eigenvalue weighted by Crippen LogP contribution is 2.43. The molecule has 9 heteroatoms. The molecule has 0 bridgehead atoms. The number of furan rings is 1. The monoisotopic (exact) mass is 437 g/mol. The van der Waals surface area contributed by atoms with Gasteiger partial charge in [0, 0.05) is 24.2 Å². The van der Waals surface area contributed by atoms with E-state index in [2.05, 4.69) is 5.10 Å². The van der Waals surface area contributed by atoms with Gasteiger partial charge in [-0.3, -0.25) is 9.48 Å². The van der Waals surface area contributed by atoms with Crippen molar-refractivity contribution < 1.29 is 28.2 Å². The van der Waals surface area contributed by atoms with Gasteiger partial charge in [-0.15, -0.1) is 0 Å². The van der Waals surface area contributed by atoms with E-state index in [4.69, 9.17) is 29.1 Å². The van der Waals surface area contributed by atoms with Crippen LogP contribution < -0.4 is 24.7 Å². The van der Waals surface area contributed by atoms with Crippen molar-refractivity contribution in [2.75, 3.05) is 34.2 Å². The minimum Gasteiger partial charge on any atom is -0.494 e. The Morgan fingerprint density at radius 3 is 2.19 bits per heavy atom. The predicted octanol–water partition coefficient (Wildman–Crippen LogP) is 3.68. The molecule has 0 unspecified atom stereocenters. The van der Waals surface area contributed by atoms with Crippen LogP contribution in [-0.4, -0.2) is 44.0 Å². The lowest BCUT2D eigenvalue weighted by atomic mass is 9.97. The van der Waals surface area contributed by atoms with Crippen molar-refractivity contribution in [2.24, 2.45) is 7.05 Å². The molecule has 2 heterocycles. The smallest absolute Gasteiger partial charge is 0.203 e. The summed E-state index contributed by atoms with van der Waals surface area (Å²) in [5.74, 6) is 1.64. The topological polar surface area (TPSA) is 111 Å². The molecule has 2 aromatic carbocycles. The average Bonchev–Trinajstić information content (AvgIpc) is 3.41. The Bertz CT molecular complexity index is 1300. The van der Waals surface area contributed by atoms with Crippen molar-refractivity contribution in [2.45, 2.75) is 0 Å². The van der Waals surface area contributed by atoms with Gasteiger partial charge < -0.3 is 29.1 Å². The van der Waals surface area contributed by atoms with E-state index >= 15 is 0 Å². The number of nitrogen functional groups attached to an aromatic ring is 1. The lowest BCUT2D eigenvalue weighted by Crippen LogP contribution is -2.05. The quantitative estimate of drug-likeness (QED) is 0.344. The van der Waals surface area contributed by atoms with Crippen LogP contribution in [0.2, 0.25) is 0 Å². The van der Waals surface area contributed by atoms with E-state index < -0.39 is 0 Å². The van der Waals surface area contributed by atoms with Gasteiger partial charge in [0.25, 0.3) is 0 Å². The van der Waals surface area contributed by atoms with E-state index in [1.165, 1.54) is 28.4 Å². The number of ketones is 1. The van der Waals surface area contributed by atoms with Crippen molar-refractivity contribution in [1.29, 1.82) is 0 Å². The average molecular weight is 437 g/mol. The number of ether oxygens (including phenoxy) is 4. The molecule has 0 fully saturated rings. The molecular formula is C23H23N3O6. The molecule has 0 amide bonds. The molecule has 2 N–H and O–H groups in total. The number of anilines is 1. The number of carbonyl (C=O) groups is 1. The lowest BCUT2D eigenvalue weighted by molar-refractivity contribution is 0.103. The van der Waals surface area contributed by atoms with E-state index in [-0.39, 0.29) is 5.78 Å². The van der Waals surface area contributed by atoms with Crippen LogP contribution in [0.5, 0.6) is 23.0 Å². The zero-order valence-corrected chi connectivity index (χ0v) is 18.4. The number of carbonyl (C=O) groups excluding carboxylic acids is 1. The maximum absolute atomic E-state index is 13.8. The molecule has 0 radical (unpaired) electrons. The van der Waals surface area contributed by atoms with Gasteiger partial charge in [0.1, 0.15) is 17.2 Å². The Hall–Kier alpha value is -4.14. The number of aromatic nitrogens is 2. The summed E-state index contributed by atoms with van der Waals surface area (Å²) in [7, 11) is 7.79. The largest absolute Gasteiger partial charge is 0.494 e. The van der Waals surface area contributed by atoms with E-state index in [0.29, 0.717) is 62.1 Å². The third-order valence-corrected chi connectivity index (χ3v) is 5.20. The molecule has 0 aliphatic carbocycles. The Labute approximate surface area is 184 Å². The Balaban J connectivity index is 1.99. The van der Waals surface area contributed by atoms with Gasteiger partial charge in [-0.05, 0) is 24.3 Å². The van der Waals surface area contributed by atoms with E-state index in [0.717, 1.165) is 0 Å². The van der Waals surface area contributed by atoms with Crippen LogP contribution in [-0.2, 0) is 7.05 Å². The van der Waals surface area contributed by atoms with Crippen LogP contribution in [0.3, 0.4) is 0 Å². The predicted molar refractivity (Wildman–Crippen MR) is 119 cm³/mol. The number of aryl methyl sites for hydroxylation is 1. The second-order valence-electron chi connectivity index (χ2n) is 7.01. The highest BCUT2D eigenvalue weighted by molar-refractivity contribution is 6.21. The van der Waals surface area contributed by atoms with Gasteiger partial charge in [-0.25, -0.2) is 0 Å². The molecule has 0 spiro atoms. The molecule has 32 heavy (non-hydrogen) atoms. The summed E-state index contributed by atoms with van der Waals surface area (Å²) in [6.45, 7) is 0. The zero-order chi connectivity index (χ0) is 23.0. The minimum atomic E-state index is -0.300. The van der Waals surface area contributed by atoms with Crippen molar-refractivity contribution in [1.82, 2.24) is 9.78 Å². The van der Waals surface area contributed by atoms with Crippen LogP contribution in [0.4, 0.5) is 5.69 Å². The first-order valence-corrected chi connectivity index (χ1v) is 9.66. The molecule has 0 atom stereocenters. The number of methoxy groups -OCH3 is 4. The number of hydrogen-bond acceptors (Lipinski definition) is 8. The van der Waals surface area contributed by atoms with Gasteiger partial charge in [-0.2, -0.15) is 5.10 Å². The van der Waals surface area contributed by atoms with Crippen LogP contribution in [0, 0.1) is 0 Å². The maximum Gasteiger partial charge on any atom is 0.203 e. The number of nitrogens with two attached hydrogens (primary N) is 1. The molecule has 0 saturated heterocycles. The zero-order valence-electron chi connectivity index (χ0n) is 18.4. The van der Waals surface area contributed by atoms with Gasteiger partial charge in [0.15, 0.2) is 22.9 Å². The summed E-state index contributed by atoms with van der Waals surface area (Å²) in [6, 6.07) is 6.65. The van der Waals surface area contributed by atoms with Gasteiger partial charge in [0.05, 0.1) is 45.8 Å². The summed E-state index contributed by atoms with van der Waals surface area (Å²) in [5.41, 5.74) is 8.24. The number of hydrogen-bond donors (Lipinski definition) is 1. The van der Waals surface area contributed by atoms with Gasteiger partial charge >= 0.3 is 0 Å². The first kappa shape index (κ1) is 21.1. The molecule has 4 aromatic rings. The summed E-state index contributed by atoms with van der Waals surface area (Å²) in [4.78, 5) is 13.8. The second kappa shape index (κ2) is 8.18. The van der Waals surface area contributed by atoms with E-state index in [1.54, 1.807) is 48.4 Å². The SMILES string of the molecule is COc1cc(C(=O)c2c(-c3cnn(C)c3)oc3c(N)c(OC)ccc23)cc(OC)c1OC. The first-order valence-electron chi connectivity index (χ1n) is 9.66. The third kappa shape index (κ3) is 3.27. The van der Waals surface area contributed by atoms with E-state index in [9.17, 15) is 4.79 Å². The van der Waals surface area contributed by atoms with Crippen molar-refractivity contribution in [3.05, 3.63) is 47.8 Å². The van der Waals surface area contributed by atoms with Crippen molar-refractivity contribution in [3.63, 3.8) is 0 Å². The minimum absolute atomic E-state index is 0.300. The fourth-order valence-electron chi connectivity index (χ4n) is 3.67. The van der Waals surface area contributed by atoms with Crippen LogP contribution in [0.15, 0.2) is 41.1 Å². The summed E-state index contributed by atoms with van der Waals surface area (Å²) in [6.07, 6.45) is 3.38. The summed E-state index contributed by atoms with van der Waals surface area (Å²) < 4.78 is 29.2.